The molecular weight excluding hydrogens is 665 g/mol. The maximum Gasteiger partial charge on any atom is 0.119 e. The van der Waals surface area contributed by atoms with Crippen molar-refractivity contribution in [3.05, 3.63) is 95.6 Å². The van der Waals surface area contributed by atoms with Crippen molar-refractivity contribution in [1.29, 1.82) is 0 Å². The molecular formula is C50H74O4. The normalized spacial score (nSPS) is 20.8. The third kappa shape index (κ3) is 16.1. The predicted molar refractivity (Wildman–Crippen MR) is 225 cm³/mol. The van der Waals surface area contributed by atoms with Crippen LogP contribution < -0.4 is 9.47 Å². The minimum Gasteiger partial charge on any atom is -0.494 e. The van der Waals surface area contributed by atoms with Crippen molar-refractivity contribution in [2.24, 2.45) is 23.7 Å². The van der Waals surface area contributed by atoms with Gasteiger partial charge in [0.05, 0.1) is 33.0 Å². The highest BCUT2D eigenvalue weighted by molar-refractivity contribution is 5.28. The molecule has 0 unspecified atom stereocenters. The summed E-state index contributed by atoms with van der Waals surface area (Å²) in [4.78, 5) is 0. The Kier molecular flexibility index (Phi) is 19.9. The molecule has 298 valence electrons. The number of rotatable bonds is 26. The van der Waals surface area contributed by atoms with Gasteiger partial charge < -0.3 is 18.9 Å². The molecule has 0 bridgehead atoms. The van der Waals surface area contributed by atoms with Gasteiger partial charge in [-0.15, -0.1) is 0 Å². The van der Waals surface area contributed by atoms with Crippen LogP contribution in [0.4, 0.5) is 0 Å². The standard InChI is InChI=1S/C50H74O4/c1-3-5-8-14-41-20-24-43(25-21-41)16-12-36-52-48-32-28-45(29-33-48)38-51-40-50(47-18-10-7-11-19-47)54-39-46-30-34-49(35-31-46)53-37-13-17-44-26-22-42(23-27-44)15-9-6-4-2/h7,10-11,18-19,28-35,41-44,50H,3-6,8-9,12-17,20-27,36-40H2,1-2H3/t41?,42?,43?,44?,50-/m0/s1. The van der Waals surface area contributed by atoms with Crippen molar-refractivity contribution >= 4 is 0 Å². The summed E-state index contributed by atoms with van der Waals surface area (Å²) in [5.41, 5.74) is 3.41. The van der Waals surface area contributed by atoms with Crippen LogP contribution in [0.15, 0.2) is 78.9 Å². The van der Waals surface area contributed by atoms with E-state index in [-0.39, 0.29) is 6.10 Å². The Bertz CT molecular complexity index is 1340. The molecule has 5 rings (SSSR count). The number of hydrogen-bond donors (Lipinski definition) is 0. The molecule has 0 radical (unpaired) electrons. The number of hydrogen-bond acceptors (Lipinski definition) is 4. The Balaban J connectivity index is 0.947. The lowest BCUT2D eigenvalue weighted by molar-refractivity contribution is -0.0313. The largest absolute Gasteiger partial charge is 0.494 e. The summed E-state index contributed by atoms with van der Waals surface area (Å²) in [5.74, 6) is 5.68. The lowest BCUT2D eigenvalue weighted by Gasteiger charge is -2.28. The van der Waals surface area contributed by atoms with E-state index in [1.807, 2.05) is 6.07 Å². The van der Waals surface area contributed by atoms with Crippen molar-refractivity contribution in [3.63, 3.8) is 0 Å². The van der Waals surface area contributed by atoms with Crippen LogP contribution in [0.3, 0.4) is 0 Å². The van der Waals surface area contributed by atoms with E-state index in [2.05, 4.69) is 86.6 Å². The van der Waals surface area contributed by atoms with E-state index in [0.717, 1.165) is 77.9 Å². The van der Waals surface area contributed by atoms with Crippen molar-refractivity contribution in [2.75, 3.05) is 19.8 Å². The summed E-state index contributed by atoms with van der Waals surface area (Å²) in [7, 11) is 0. The quantitative estimate of drug-likeness (QED) is 0.0769. The van der Waals surface area contributed by atoms with Crippen LogP contribution in [0.1, 0.15) is 165 Å². The summed E-state index contributed by atoms with van der Waals surface area (Å²) < 4.78 is 24.9. The second kappa shape index (κ2) is 25.4. The average molecular weight is 739 g/mol. The van der Waals surface area contributed by atoms with Gasteiger partial charge in [0.1, 0.15) is 17.6 Å². The van der Waals surface area contributed by atoms with Gasteiger partial charge in [0.2, 0.25) is 0 Å². The smallest absolute Gasteiger partial charge is 0.119 e. The van der Waals surface area contributed by atoms with Crippen molar-refractivity contribution in [2.45, 2.75) is 162 Å². The molecule has 2 saturated carbocycles. The van der Waals surface area contributed by atoms with Gasteiger partial charge in [-0.1, -0.05) is 171 Å². The fraction of sp³-hybridized carbons (Fsp3) is 0.640. The zero-order chi connectivity index (χ0) is 37.5. The highest BCUT2D eigenvalue weighted by atomic mass is 16.5. The molecule has 1 atom stereocenters. The van der Waals surface area contributed by atoms with Gasteiger partial charge in [-0.3, -0.25) is 0 Å². The first-order chi connectivity index (χ1) is 26.7. The molecule has 2 aliphatic rings. The van der Waals surface area contributed by atoms with Gasteiger partial charge in [0.15, 0.2) is 0 Å². The van der Waals surface area contributed by atoms with E-state index in [0.29, 0.717) is 19.8 Å². The molecule has 3 aromatic carbocycles. The van der Waals surface area contributed by atoms with Gasteiger partial charge in [0.25, 0.3) is 0 Å². The van der Waals surface area contributed by atoms with Crippen LogP contribution in [-0.2, 0) is 22.7 Å². The average Bonchev–Trinajstić information content (AvgIpc) is 3.22. The monoisotopic (exact) mass is 739 g/mol. The predicted octanol–water partition coefficient (Wildman–Crippen LogP) is 14.3. The highest BCUT2D eigenvalue weighted by Gasteiger charge is 2.22. The molecule has 0 aromatic heterocycles. The maximum absolute atomic E-state index is 6.45. The molecule has 2 aliphatic carbocycles. The van der Waals surface area contributed by atoms with Crippen LogP contribution in [0, 0.1) is 23.7 Å². The lowest BCUT2D eigenvalue weighted by Crippen LogP contribution is -2.15. The number of unbranched alkanes of at least 4 members (excludes halogenated alkanes) is 4. The van der Waals surface area contributed by atoms with E-state index in [9.17, 15) is 0 Å². The summed E-state index contributed by atoms with van der Waals surface area (Å²) in [6.07, 6.45) is 27.5. The van der Waals surface area contributed by atoms with Crippen LogP contribution in [-0.4, -0.2) is 19.8 Å². The molecule has 4 heteroatoms. The van der Waals surface area contributed by atoms with E-state index < -0.39 is 0 Å². The minimum atomic E-state index is -0.146. The minimum absolute atomic E-state index is 0.146. The fourth-order valence-corrected chi connectivity index (χ4v) is 8.86. The number of ether oxygens (including phenoxy) is 4. The fourth-order valence-electron chi connectivity index (χ4n) is 8.86. The second-order valence-electron chi connectivity index (χ2n) is 16.8. The SMILES string of the molecule is CCCCCC1CCC(CCCOc2ccc(COC[C@H](OCc3ccc(OCCCC4CCC(CCCCC)CC4)cc3)c3ccccc3)cc2)CC1. The molecule has 3 aromatic rings. The third-order valence-corrected chi connectivity index (χ3v) is 12.4. The second-order valence-corrected chi connectivity index (χ2v) is 16.8. The summed E-state index contributed by atoms with van der Waals surface area (Å²) in [6.45, 7) is 7.77. The van der Waals surface area contributed by atoms with Crippen LogP contribution in [0.25, 0.3) is 0 Å². The topological polar surface area (TPSA) is 36.9 Å². The van der Waals surface area contributed by atoms with Crippen molar-refractivity contribution < 1.29 is 18.9 Å². The Labute approximate surface area is 330 Å². The Morgan fingerprint density at radius 2 is 0.907 bits per heavy atom. The molecule has 0 saturated heterocycles. The molecule has 0 aliphatic heterocycles. The van der Waals surface area contributed by atoms with Crippen LogP contribution in [0.2, 0.25) is 0 Å². The molecule has 2 fully saturated rings. The zero-order valence-corrected chi connectivity index (χ0v) is 34.2. The first-order valence-corrected chi connectivity index (χ1v) is 22.4. The Morgan fingerprint density at radius 1 is 0.481 bits per heavy atom. The maximum atomic E-state index is 6.45. The third-order valence-electron chi connectivity index (χ3n) is 12.4. The number of benzene rings is 3. The molecule has 54 heavy (non-hydrogen) atoms. The van der Waals surface area contributed by atoms with Gasteiger partial charge >= 0.3 is 0 Å². The van der Waals surface area contributed by atoms with E-state index >= 15 is 0 Å². The van der Waals surface area contributed by atoms with Crippen molar-refractivity contribution in [3.8, 4) is 11.5 Å². The van der Waals surface area contributed by atoms with Crippen LogP contribution >= 0.6 is 0 Å². The lowest BCUT2D eigenvalue weighted by atomic mass is 9.78. The van der Waals surface area contributed by atoms with Gasteiger partial charge in [-0.05, 0) is 90.3 Å². The summed E-state index contributed by atoms with van der Waals surface area (Å²) >= 11 is 0. The summed E-state index contributed by atoms with van der Waals surface area (Å²) in [6, 6.07) is 27.3. The Morgan fingerprint density at radius 3 is 1.35 bits per heavy atom. The van der Waals surface area contributed by atoms with Crippen LogP contribution in [0.5, 0.6) is 11.5 Å². The van der Waals surface area contributed by atoms with E-state index in [4.69, 9.17) is 18.9 Å². The van der Waals surface area contributed by atoms with Gasteiger partial charge in [-0.2, -0.15) is 0 Å². The van der Waals surface area contributed by atoms with Gasteiger partial charge in [0, 0.05) is 0 Å². The van der Waals surface area contributed by atoms with E-state index in [1.54, 1.807) is 0 Å². The Hall–Kier alpha value is -2.82. The van der Waals surface area contributed by atoms with Crippen molar-refractivity contribution in [1.82, 2.24) is 0 Å². The highest BCUT2D eigenvalue weighted by Crippen LogP contribution is 2.35. The van der Waals surface area contributed by atoms with E-state index in [1.165, 1.54) is 116 Å². The van der Waals surface area contributed by atoms with Gasteiger partial charge in [-0.25, -0.2) is 0 Å². The molecule has 0 amide bonds. The first kappa shape index (κ1) is 42.3. The summed E-state index contributed by atoms with van der Waals surface area (Å²) in [5, 5.41) is 0. The molecule has 0 N–H and O–H groups in total. The zero-order valence-electron chi connectivity index (χ0n) is 34.2. The molecule has 4 nitrogen and oxygen atoms in total. The molecule has 0 heterocycles. The first-order valence-electron chi connectivity index (χ1n) is 22.4. The molecule has 0 spiro atoms.